The van der Waals surface area contributed by atoms with Crippen molar-refractivity contribution in [3.63, 3.8) is 0 Å². The quantitative estimate of drug-likeness (QED) is 0.686. The van der Waals surface area contributed by atoms with Crippen molar-refractivity contribution in [2.75, 3.05) is 7.11 Å². The van der Waals surface area contributed by atoms with Crippen LogP contribution in [0.3, 0.4) is 0 Å². The first-order valence-corrected chi connectivity index (χ1v) is 8.93. The monoisotopic (exact) mass is 373 g/mol. The van der Waals surface area contributed by atoms with Crippen molar-refractivity contribution in [2.24, 2.45) is 0 Å². The maximum atomic E-state index is 12.4. The Morgan fingerprint density at radius 2 is 1.96 bits per heavy atom. The van der Waals surface area contributed by atoms with Gasteiger partial charge in [0.1, 0.15) is 6.04 Å². The van der Waals surface area contributed by atoms with Crippen LogP contribution in [-0.4, -0.2) is 25.0 Å². The Kier molecular flexibility index (Phi) is 5.36. The second-order valence-electron chi connectivity index (χ2n) is 5.52. The Bertz CT molecular complexity index is 907. The maximum Gasteiger partial charge on any atom is 0.328 e. The Labute approximate surface area is 154 Å². The van der Waals surface area contributed by atoms with Crippen LogP contribution in [0.25, 0.3) is 10.1 Å². The standard InChI is InChI=1S/C19H16ClNO3S/c1-24-19(23)16(21-18(22)12-5-3-2-4-6-12)9-13-11-25-17-8-7-14(20)10-15(13)17/h2-8,10-11,16H,9H2,1H3,(H,21,22). The van der Waals surface area contributed by atoms with Crippen LogP contribution in [-0.2, 0) is 16.0 Å². The molecule has 4 nitrogen and oxygen atoms in total. The third-order valence-electron chi connectivity index (χ3n) is 3.87. The number of esters is 1. The molecule has 1 atom stereocenters. The van der Waals surface area contributed by atoms with E-state index in [1.54, 1.807) is 35.6 Å². The van der Waals surface area contributed by atoms with E-state index in [1.807, 2.05) is 29.6 Å². The maximum absolute atomic E-state index is 12.4. The molecule has 1 amide bonds. The molecule has 25 heavy (non-hydrogen) atoms. The number of benzene rings is 2. The third-order valence-corrected chi connectivity index (χ3v) is 5.11. The molecule has 3 aromatic rings. The summed E-state index contributed by atoms with van der Waals surface area (Å²) in [5.74, 6) is -0.792. The van der Waals surface area contributed by atoms with Crippen molar-refractivity contribution in [3.05, 3.63) is 70.1 Å². The minimum absolute atomic E-state index is 0.312. The average molecular weight is 374 g/mol. The van der Waals surface area contributed by atoms with Gasteiger partial charge in [-0.3, -0.25) is 4.79 Å². The third kappa shape index (κ3) is 4.00. The number of amides is 1. The van der Waals surface area contributed by atoms with Crippen molar-refractivity contribution in [3.8, 4) is 0 Å². The number of ether oxygens (including phenoxy) is 1. The van der Waals surface area contributed by atoms with Crippen LogP contribution >= 0.6 is 22.9 Å². The van der Waals surface area contributed by atoms with Gasteiger partial charge in [-0.2, -0.15) is 0 Å². The van der Waals surface area contributed by atoms with Crippen LogP contribution in [0, 0.1) is 0 Å². The Morgan fingerprint density at radius 3 is 2.68 bits per heavy atom. The zero-order valence-corrected chi connectivity index (χ0v) is 15.1. The highest BCUT2D eigenvalue weighted by Gasteiger charge is 2.24. The number of methoxy groups -OCH3 is 1. The molecule has 0 aliphatic heterocycles. The van der Waals surface area contributed by atoms with E-state index in [0.717, 1.165) is 15.6 Å². The van der Waals surface area contributed by atoms with Crippen molar-refractivity contribution in [1.29, 1.82) is 0 Å². The van der Waals surface area contributed by atoms with Crippen LogP contribution < -0.4 is 5.32 Å². The van der Waals surface area contributed by atoms with Gasteiger partial charge in [0.2, 0.25) is 0 Å². The van der Waals surface area contributed by atoms with E-state index < -0.39 is 12.0 Å². The van der Waals surface area contributed by atoms with Crippen molar-refractivity contribution < 1.29 is 14.3 Å². The van der Waals surface area contributed by atoms with Gasteiger partial charge in [-0.15, -0.1) is 11.3 Å². The van der Waals surface area contributed by atoms with E-state index in [-0.39, 0.29) is 5.91 Å². The van der Waals surface area contributed by atoms with Gasteiger partial charge in [-0.05, 0) is 46.7 Å². The van der Waals surface area contributed by atoms with Crippen molar-refractivity contribution in [2.45, 2.75) is 12.5 Å². The summed E-state index contributed by atoms with van der Waals surface area (Å²) < 4.78 is 5.94. The fraction of sp³-hybridized carbons (Fsp3) is 0.158. The van der Waals surface area contributed by atoms with E-state index >= 15 is 0 Å². The van der Waals surface area contributed by atoms with Gasteiger partial charge in [-0.25, -0.2) is 4.79 Å². The number of hydrogen-bond acceptors (Lipinski definition) is 4. The van der Waals surface area contributed by atoms with Gasteiger partial charge in [0.05, 0.1) is 7.11 Å². The molecule has 1 unspecified atom stereocenters. The van der Waals surface area contributed by atoms with Crippen LogP contribution in [0.5, 0.6) is 0 Å². The lowest BCUT2D eigenvalue weighted by Gasteiger charge is -2.16. The predicted molar refractivity (Wildman–Crippen MR) is 100 cm³/mol. The molecule has 0 saturated heterocycles. The van der Waals surface area contributed by atoms with Gasteiger partial charge < -0.3 is 10.1 Å². The van der Waals surface area contributed by atoms with E-state index in [2.05, 4.69) is 5.32 Å². The SMILES string of the molecule is COC(=O)C(Cc1csc2ccc(Cl)cc12)NC(=O)c1ccccc1. The largest absolute Gasteiger partial charge is 0.467 e. The lowest BCUT2D eigenvalue weighted by molar-refractivity contribution is -0.142. The predicted octanol–water partition coefficient (Wildman–Crippen LogP) is 4.07. The highest BCUT2D eigenvalue weighted by atomic mass is 35.5. The second-order valence-corrected chi connectivity index (χ2v) is 6.87. The highest BCUT2D eigenvalue weighted by molar-refractivity contribution is 7.17. The van der Waals surface area contributed by atoms with Crippen LogP contribution in [0.15, 0.2) is 53.9 Å². The zero-order chi connectivity index (χ0) is 17.8. The number of rotatable bonds is 5. The topological polar surface area (TPSA) is 55.4 Å². The Balaban J connectivity index is 1.84. The summed E-state index contributed by atoms with van der Waals surface area (Å²) in [4.78, 5) is 24.5. The van der Waals surface area contributed by atoms with Crippen molar-refractivity contribution >= 4 is 44.9 Å². The number of carbonyl (C=O) groups excluding carboxylic acids is 2. The molecular formula is C19H16ClNO3S. The van der Waals surface area contributed by atoms with Crippen molar-refractivity contribution in [1.82, 2.24) is 5.32 Å². The van der Waals surface area contributed by atoms with Crippen LogP contribution in [0.2, 0.25) is 5.02 Å². The second kappa shape index (κ2) is 7.68. The molecule has 0 aliphatic rings. The minimum atomic E-state index is -0.769. The molecule has 1 N–H and O–H groups in total. The fourth-order valence-electron chi connectivity index (χ4n) is 2.60. The molecule has 3 rings (SSSR count). The highest BCUT2D eigenvalue weighted by Crippen LogP contribution is 2.29. The molecule has 0 saturated carbocycles. The minimum Gasteiger partial charge on any atom is -0.467 e. The summed E-state index contributed by atoms with van der Waals surface area (Å²) in [6, 6.07) is 13.7. The van der Waals surface area contributed by atoms with Gasteiger partial charge in [0.25, 0.3) is 5.91 Å². The molecule has 6 heteroatoms. The normalized spacial score (nSPS) is 11.9. The summed E-state index contributed by atoms with van der Waals surface area (Å²) in [6.45, 7) is 0. The first kappa shape index (κ1) is 17.5. The zero-order valence-electron chi connectivity index (χ0n) is 13.5. The van der Waals surface area contributed by atoms with Crippen LogP contribution in [0.4, 0.5) is 0 Å². The van der Waals surface area contributed by atoms with Crippen LogP contribution in [0.1, 0.15) is 15.9 Å². The summed E-state index contributed by atoms with van der Waals surface area (Å²) in [6.07, 6.45) is 0.339. The number of halogens is 1. The number of nitrogens with one attached hydrogen (secondary N) is 1. The molecule has 0 bridgehead atoms. The summed E-state index contributed by atoms with van der Waals surface area (Å²) in [5.41, 5.74) is 1.45. The summed E-state index contributed by atoms with van der Waals surface area (Å²) in [5, 5.41) is 6.36. The number of carbonyl (C=O) groups is 2. The van der Waals surface area contributed by atoms with E-state index in [1.165, 1.54) is 7.11 Å². The van der Waals surface area contributed by atoms with E-state index in [0.29, 0.717) is 17.0 Å². The molecule has 0 spiro atoms. The molecule has 2 aromatic carbocycles. The molecule has 1 heterocycles. The summed E-state index contributed by atoms with van der Waals surface area (Å²) in [7, 11) is 1.31. The average Bonchev–Trinajstić information content (AvgIpc) is 3.03. The smallest absolute Gasteiger partial charge is 0.328 e. The number of hydrogen-bond donors (Lipinski definition) is 1. The first-order chi connectivity index (χ1) is 12.1. The van der Waals surface area contributed by atoms with Gasteiger partial charge >= 0.3 is 5.97 Å². The number of fused-ring (bicyclic) bond motifs is 1. The summed E-state index contributed by atoms with van der Waals surface area (Å²) >= 11 is 7.66. The van der Waals surface area contributed by atoms with Gasteiger partial charge in [0, 0.05) is 21.7 Å². The lowest BCUT2D eigenvalue weighted by atomic mass is 10.0. The molecule has 0 fully saturated rings. The molecule has 1 aromatic heterocycles. The molecular weight excluding hydrogens is 358 g/mol. The molecule has 0 aliphatic carbocycles. The first-order valence-electron chi connectivity index (χ1n) is 7.68. The Morgan fingerprint density at radius 1 is 1.20 bits per heavy atom. The van der Waals surface area contributed by atoms with Gasteiger partial charge in [0.15, 0.2) is 0 Å². The molecule has 128 valence electrons. The lowest BCUT2D eigenvalue weighted by Crippen LogP contribution is -2.43. The Hall–Kier alpha value is -2.37. The number of thiophene rings is 1. The van der Waals surface area contributed by atoms with E-state index in [4.69, 9.17) is 16.3 Å². The fourth-order valence-corrected chi connectivity index (χ4v) is 3.73. The molecule has 0 radical (unpaired) electrons. The van der Waals surface area contributed by atoms with Gasteiger partial charge in [-0.1, -0.05) is 29.8 Å². The van der Waals surface area contributed by atoms with E-state index in [9.17, 15) is 9.59 Å².